The highest BCUT2D eigenvalue weighted by atomic mass is 32.2. The van der Waals surface area contributed by atoms with Crippen molar-refractivity contribution in [2.75, 3.05) is 17.1 Å². The molecule has 0 spiro atoms. The van der Waals surface area contributed by atoms with E-state index in [1.807, 2.05) is 4.72 Å². The molecule has 1 aromatic rings. The van der Waals surface area contributed by atoms with Crippen LogP contribution in [0.2, 0.25) is 0 Å². The van der Waals surface area contributed by atoms with Crippen molar-refractivity contribution in [2.24, 2.45) is 5.92 Å². The van der Waals surface area contributed by atoms with Gasteiger partial charge in [0.05, 0.1) is 11.9 Å². The van der Waals surface area contributed by atoms with Gasteiger partial charge in [0, 0.05) is 6.04 Å². The molecular formula is C16H23N3O6S2. The molecule has 1 saturated carbocycles. The van der Waals surface area contributed by atoms with Crippen molar-refractivity contribution in [1.29, 1.82) is 0 Å². The van der Waals surface area contributed by atoms with Crippen LogP contribution in [0.1, 0.15) is 31.2 Å². The van der Waals surface area contributed by atoms with E-state index < -0.39 is 26.1 Å². The van der Waals surface area contributed by atoms with Gasteiger partial charge < -0.3 is 5.11 Å². The Balaban J connectivity index is 1.78. The van der Waals surface area contributed by atoms with Gasteiger partial charge in [-0.2, -0.15) is 8.42 Å². The molecule has 1 amide bonds. The topological polar surface area (TPSA) is 133 Å². The molecule has 2 atom stereocenters. The minimum absolute atomic E-state index is 0.0338. The molecule has 1 aliphatic carbocycles. The van der Waals surface area contributed by atoms with Crippen LogP contribution >= 0.6 is 0 Å². The van der Waals surface area contributed by atoms with Crippen molar-refractivity contribution in [3.63, 3.8) is 0 Å². The molecule has 0 radical (unpaired) electrons. The van der Waals surface area contributed by atoms with Crippen molar-refractivity contribution < 1.29 is 26.7 Å². The lowest BCUT2D eigenvalue weighted by Crippen LogP contribution is -2.42. The summed E-state index contributed by atoms with van der Waals surface area (Å²) < 4.78 is 52.4. The summed E-state index contributed by atoms with van der Waals surface area (Å²) >= 11 is 0. The fraction of sp³-hybridized carbons (Fsp3) is 0.562. The van der Waals surface area contributed by atoms with E-state index >= 15 is 0 Å². The van der Waals surface area contributed by atoms with Crippen molar-refractivity contribution in [1.82, 2.24) is 9.44 Å². The maximum atomic E-state index is 11.9. The van der Waals surface area contributed by atoms with Crippen LogP contribution in [0.4, 0.5) is 5.69 Å². The number of rotatable bonds is 5. The zero-order valence-electron chi connectivity index (χ0n) is 14.9. The molecule has 1 aromatic carbocycles. The maximum Gasteiger partial charge on any atom is 0.326 e. The minimum Gasteiger partial charge on any atom is -0.506 e. The molecule has 1 aliphatic heterocycles. The number of phenols is 1. The lowest BCUT2D eigenvalue weighted by Gasteiger charge is -2.31. The number of phenolic OH excluding ortho intramolecular Hbond substituents is 1. The summed E-state index contributed by atoms with van der Waals surface area (Å²) in [5, 5.41) is 10.3. The van der Waals surface area contributed by atoms with Gasteiger partial charge in [-0.15, -0.1) is 0 Å². The number of nitrogens with zero attached hydrogens (tertiary/aromatic N) is 1. The van der Waals surface area contributed by atoms with Crippen LogP contribution < -0.4 is 13.7 Å². The summed E-state index contributed by atoms with van der Waals surface area (Å²) in [6.07, 6.45) is 5.31. The first kappa shape index (κ1) is 19.9. The SMILES string of the molecule is CS(=O)(=O)N[C@H]1CCCC[C@@H]1Cc1ccc(N2CC(=O)NS2(=O)=O)c(O)c1. The largest absolute Gasteiger partial charge is 0.506 e. The summed E-state index contributed by atoms with van der Waals surface area (Å²) in [4.78, 5) is 11.4. The van der Waals surface area contributed by atoms with Gasteiger partial charge in [-0.05, 0) is 42.9 Å². The van der Waals surface area contributed by atoms with Gasteiger partial charge in [-0.3, -0.25) is 4.79 Å². The third kappa shape index (κ3) is 4.71. The van der Waals surface area contributed by atoms with Crippen molar-refractivity contribution in [3.8, 4) is 5.75 Å². The van der Waals surface area contributed by atoms with Gasteiger partial charge in [-0.25, -0.2) is 22.2 Å². The molecule has 0 unspecified atom stereocenters. The molecule has 2 fully saturated rings. The Morgan fingerprint density at radius 3 is 2.59 bits per heavy atom. The third-order valence-electron chi connectivity index (χ3n) is 4.90. The van der Waals surface area contributed by atoms with Crippen LogP contribution in [0.3, 0.4) is 0 Å². The van der Waals surface area contributed by atoms with E-state index in [1.165, 1.54) is 12.1 Å². The highest BCUT2D eigenvalue weighted by Gasteiger charge is 2.35. The number of nitrogens with one attached hydrogen (secondary N) is 2. The zero-order chi connectivity index (χ0) is 19.8. The summed E-state index contributed by atoms with van der Waals surface area (Å²) in [7, 11) is -7.29. The van der Waals surface area contributed by atoms with Gasteiger partial charge in [0.25, 0.3) is 5.91 Å². The van der Waals surface area contributed by atoms with Gasteiger partial charge in [0.2, 0.25) is 10.0 Å². The highest BCUT2D eigenvalue weighted by molar-refractivity contribution is 7.92. The molecule has 0 bridgehead atoms. The molecular weight excluding hydrogens is 394 g/mol. The second-order valence-corrected chi connectivity index (χ2v) is 10.5. The van der Waals surface area contributed by atoms with E-state index in [2.05, 4.69) is 4.72 Å². The number of benzene rings is 1. The number of hydrogen-bond acceptors (Lipinski definition) is 6. The van der Waals surface area contributed by atoms with Gasteiger partial charge >= 0.3 is 10.2 Å². The van der Waals surface area contributed by atoms with Crippen LogP contribution in [0.5, 0.6) is 5.75 Å². The first-order valence-corrected chi connectivity index (χ1v) is 12.0. The number of anilines is 1. The van der Waals surface area contributed by atoms with Crippen molar-refractivity contribution in [3.05, 3.63) is 23.8 Å². The van der Waals surface area contributed by atoms with E-state index in [0.717, 1.165) is 41.8 Å². The summed E-state index contributed by atoms with van der Waals surface area (Å²) in [6, 6.07) is 4.47. The van der Waals surface area contributed by atoms with Crippen LogP contribution in [0, 0.1) is 5.92 Å². The van der Waals surface area contributed by atoms with Crippen molar-refractivity contribution in [2.45, 2.75) is 38.1 Å². The Kier molecular flexibility index (Phi) is 5.37. The van der Waals surface area contributed by atoms with Gasteiger partial charge in [0.1, 0.15) is 12.3 Å². The van der Waals surface area contributed by atoms with Crippen LogP contribution in [-0.2, 0) is 31.4 Å². The second-order valence-electron chi connectivity index (χ2n) is 7.11. The fourth-order valence-corrected chi connectivity index (χ4v) is 5.78. The summed E-state index contributed by atoms with van der Waals surface area (Å²) in [5.74, 6) is -0.802. The normalized spacial score (nSPS) is 25.4. The van der Waals surface area contributed by atoms with Crippen molar-refractivity contribution >= 4 is 31.8 Å². The maximum absolute atomic E-state index is 11.9. The number of sulfonamides is 1. The fourth-order valence-electron chi connectivity index (χ4n) is 3.75. The molecule has 150 valence electrons. The van der Waals surface area contributed by atoms with Gasteiger partial charge in [-0.1, -0.05) is 18.9 Å². The number of hydrogen-bond donors (Lipinski definition) is 3. The molecule has 1 saturated heterocycles. The Morgan fingerprint density at radius 1 is 1.30 bits per heavy atom. The highest BCUT2D eigenvalue weighted by Crippen LogP contribution is 2.34. The lowest BCUT2D eigenvalue weighted by atomic mass is 9.81. The monoisotopic (exact) mass is 417 g/mol. The number of carbonyl (C=O) groups excluding carboxylic acids is 1. The number of amides is 1. The van der Waals surface area contributed by atoms with Crippen LogP contribution in [0.15, 0.2) is 18.2 Å². The van der Waals surface area contributed by atoms with Gasteiger partial charge in [0.15, 0.2) is 0 Å². The quantitative estimate of drug-likeness (QED) is 0.628. The van der Waals surface area contributed by atoms with E-state index in [-0.39, 0.29) is 29.9 Å². The van der Waals surface area contributed by atoms with E-state index in [1.54, 1.807) is 6.07 Å². The Bertz CT molecular complexity index is 945. The zero-order valence-corrected chi connectivity index (χ0v) is 16.5. The number of carbonyl (C=O) groups is 1. The average Bonchev–Trinajstić information content (AvgIpc) is 2.80. The lowest BCUT2D eigenvalue weighted by molar-refractivity contribution is -0.117. The Labute approximate surface area is 159 Å². The number of aromatic hydroxyl groups is 1. The standard InChI is InChI=1S/C16H23N3O6S2/c1-26(22,23)17-13-5-3-2-4-12(13)8-11-6-7-14(15(20)9-11)19-10-16(21)18-27(19,24)25/h6-7,9,12-13,17,20H,2-5,8,10H2,1H3,(H,18,21)/t12-,13+/m1/s1. The smallest absolute Gasteiger partial charge is 0.326 e. The summed E-state index contributed by atoms with van der Waals surface area (Å²) in [5.41, 5.74) is 0.811. The van der Waals surface area contributed by atoms with E-state index in [0.29, 0.717) is 6.42 Å². The molecule has 3 N–H and O–H groups in total. The van der Waals surface area contributed by atoms with Crippen LogP contribution in [0.25, 0.3) is 0 Å². The first-order chi connectivity index (χ1) is 12.5. The molecule has 27 heavy (non-hydrogen) atoms. The van der Waals surface area contributed by atoms with E-state index in [9.17, 15) is 26.7 Å². The molecule has 9 nitrogen and oxygen atoms in total. The second kappa shape index (κ2) is 7.28. The average molecular weight is 418 g/mol. The molecule has 2 aliphatic rings. The first-order valence-electron chi connectivity index (χ1n) is 8.68. The summed E-state index contributed by atoms with van der Waals surface area (Å²) in [6.45, 7) is -0.377. The molecule has 11 heteroatoms. The molecule has 0 aromatic heterocycles. The predicted octanol–water partition coefficient (Wildman–Crippen LogP) is 0.224. The Morgan fingerprint density at radius 2 is 2.00 bits per heavy atom. The minimum atomic E-state index is -3.98. The predicted molar refractivity (Wildman–Crippen MR) is 99.9 cm³/mol. The van der Waals surface area contributed by atoms with E-state index in [4.69, 9.17) is 0 Å². The molecule has 3 rings (SSSR count). The Hall–Kier alpha value is -1.85. The third-order valence-corrected chi connectivity index (χ3v) is 7.02. The van der Waals surface area contributed by atoms with Crippen LogP contribution in [-0.4, -0.2) is 46.7 Å². The molecule has 1 heterocycles.